The highest BCUT2D eigenvalue weighted by Gasteiger charge is 2.07. The number of hydrogen-bond donors (Lipinski definition) is 1. The Morgan fingerprint density at radius 1 is 1.05 bits per heavy atom. The Bertz CT molecular complexity index is 427. The van der Waals surface area contributed by atoms with Crippen LogP contribution in [0.1, 0.15) is 53.9 Å². The number of carboxylic acid groups (broad SMARTS) is 1. The molecule has 0 radical (unpaired) electrons. The molecule has 3 atom stereocenters. The zero-order chi connectivity index (χ0) is 17.0. The lowest BCUT2D eigenvalue weighted by Crippen LogP contribution is -2.02. The number of allylic oxidation sites excluding steroid dienone is 7. The minimum absolute atomic E-state index is 0.527. The van der Waals surface area contributed by atoms with Crippen LogP contribution in [0.15, 0.2) is 48.1 Å². The summed E-state index contributed by atoms with van der Waals surface area (Å²) in [4.78, 5) is 10.3. The van der Waals surface area contributed by atoms with Crippen molar-refractivity contribution in [2.24, 2.45) is 17.8 Å². The molecule has 0 aromatic heterocycles. The van der Waals surface area contributed by atoms with Crippen molar-refractivity contribution in [2.75, 3.05) is 0 Å². The van der Waals surface area contributed by atoms with Gasteiger partial charge in [0.1, 0.15) is 0 Å². The standard InChI is InChI=1S/C20H32O2/c1-6-16(2)13-18(4)15-19(5)14-17(3)11-9-7-8-10-12-20(21)22/h7-13,16-17,19H,6,14-15H2,1-5H3,(H,21,22)/b8-7+,11-9+,12-10+,18-13+/t16-,17+,19+/m1/s1. The molecule has 0 saturated heterocycles. The van der Waals surface area contributed by atoms with Gasteiger partial charge in [0, 0.05) is 6.08 Å². The number of carboxylic acids is 1. The lowest BCUT2D eigenvalue weighted by Gasteiger charge is -2.15. The van der Waals surface area contributed by atoms with E-state index in [0.717, 1.165) is 6.08 Å². The van der Waals surface area contributed by atoms with Crippen LogP contribution in [0.2, 0.25) is 0 Å². The van der Waals surface area contributed by atoms with Crippen molar-refractivity contribution >= 4 is 5.97 Å². The van der Waals surface area contributed by atoms with Crippen molar-refractivity contribution in [3.05, 3.63) is 48.1 Å². The molecule has 0 heterocycles. The SMILES string of the molecule is CC[C@@H](C)/C=C(\C)C[C@@H](C)C[C@@H](C)/C=C/C=C/C=C/C(=O)O. The van der Waals surface area contributed by atoms with Crippen LogP contribution in [0.4, 0.5) is 0 Å². The first-order valence-corrected chi connectivity index (χ1v) is 8.26. The molecular formula is C20H32O2. The highest BCUT2D eigenvalue weighted by molar-refractivity contribution is 5.80. The van der Waals surface area contributed by atoms with Gasteiger partial charge >= 0.3 is 5.97 Å². The van der Waals surface area contributed by atoms with Crippen molar-refractivity contribution in [3.8, 4) is 0 Å². The van der Waals surface area contributed by atoms with Crippen LogP contribution in [0.5, 0.6) is 0 Å². The number of carbonyl (C=O) groups is 1. The van der Waals surface area contributed by atoms with E-state index in [4.69, 9.17) is 5.11 Å². The minimum Gasteiger partial charge on any atom is -0.478 e. The first-order valence-electron chi connectivity index (χ1n) is 8.26. The average Bonchev–Trinajstić information content (AvgIpc) is 2.41. The molecule has 0 aromatic carbocycles. The molecule has 0 spiro atoms. The summed E-state index contributed by atoms with van der Waals surface area (Å²) in [6.45, 7) is 11.3. The van der Waals surface area contributed by atoms with E-state index in [-0.39, 0.29) is 0 Å². The molecule has 0 amide bonds. The summed E-state index contributed by atoms with van der Waals surface area (Å²) in [7, 11) is 0. The van der Waals surface area contributed by atoms with Gasteiger partial charge in [-0.25, -0.2) is 4.79 Å². The third kappa shape index (κ3) is 12.2. The van der Waals surface area contributed by atoms with Gasteiger partial charge in [0.25, 0.3) is 0 Å². The molecule has 0 fully saturated rings. The number of rotatable bonds is 10. The van der Waals surface area contributed by atoms with Crippen LogP contribution < -0.4 is 0 Å². The molecular weight excluding hydrogens is 272 g/mol. The summed E-state index contributed by atoms with van der Waals surface area (Å²) >= 11 is 0. The van der Waals surface area contributed by atoms with Gasteiger partial charge in [-0.3, -0.25) is 0 Å². The predicted molar refractivity (Wildman–Crippen MR) is 95.8 cm³/mol. The first kappa shape index (κ1) is 20.4. The van der Waals surface area contributed by atoms with Gasteiger partial charge in [0.05, 0.1) is 0 Å². The first-order chi connectivity index (χ1) is 10.3. The molecule has 0 aromatic rings. The van der Waals surface area contributed by atoms with Gasteiger partial charge < -0.3 is 5.11 Å². The van der Waals surface area contributed by atoms with Crippen LogP contribution in [0.3, 0.4) is 0 Å². The van der Waals surface area contributed by atoms with Gasteiger partial charge in [-0.05, 0) is 37.5 Å². The molecule has 0 aliphatic heterocycles. The molecule has 0 bridgehead atoms. The van der Waals surface area contributed by atoms with E-state index >= 15 is 0 Å². The average molecular weight is 304 g/mol. The topological polar surface area (TPSA) is 37.3 Å². The quantitative estimate of drug-likeness (QED) is 0.315. The number of hydrogen-bond acceptors (Lipinski definition) is 1. The van der Waals surface area contributed by atoms with Crippen LogP contribution >= 0.6 is 0 Å². The Balaban J connectivity index is 4.17. The zero-order valence-corrected chi connectivity index (χ0v) is 14.8. The second-order valence-electron chi connectivity index (χ2n) is 6.39. The normalized spacial score (nSPS) is 17.4. The molecule has 0 aliphatic carbocycles. The van der Waals surface area contributed by atoms with Gasteiger partial charge in [0.15, 0.2) is 0 Å². The Hall–Kier alpha value is -1.57. The maximum Gasteiger partial charge on any atom is 0.328 e. The fraction of sp³-hybridized carbons (Fsp3) is 0.550. The Morgan fingerprint density at radius 3 is 2.27 bits per heavy atom. The fourth-order valence-electron chi connectivity index (χ4n) is 2.54. The lowest BCUT2D eigenvalue weighted by molar-refractivity contribution is -0.131. The summed E-state index contributed by atoms with van der Waals surface area (Å²) < 4.78 is 0. The van der Waals surface area contributed by atoms with Crippen LogP contribution in [0, 0.1) is 17.8 Å². The van der Waals surface area contributed by atoms with E-state index in [9.17, 15) is 4.79 Å². The lowest BCUT2D eigenvalue weighted by atomic mass is 9.90. The monoisotopic (exact) mass is 304 g/mol. The van der Waals surface area contributed by atoms with Crippen LogP contribution in [-0.2, 0) is 4.79 Å². The minimum atomic E-state index is -0.920. The maximum absolute atomic E-state index is 10.3. The molecule has 1 N–H and O–H groups in total. The van der Waals surface area contributed by atoms with Gasteiger partial charge in [-0.1, -0.05) is 76.1 Å². The highest BCUT2D eigenvalue weighted by atomic mass is 16.4. The highest BCUT2D eigenvalue weighted by Crippen LogP contribution is 2.21. The van der Waals surface area contributed by atoms with E-state index in [1.165, 1.54) is 30.9 Å². The van der Waals surface area contributed by atoms with E-state index in [2.05, 4.69) is 46.8 Å². The summed E-state index contributed by atoms with van der Waals surface area (Å²) in [6.07, 6.45) is 16.4. The van der Waals surface area contributed by atoms with Crippen molar-refractivity contribution in [1.29, 1.82) is 0 Å². The molecule has 124 valence electrons. The second kappa shape index (κ2) is 12.0. The van der Waals surface area contributed by atoms with E-state index in [0.29, 0.717) is 17.8 Å². The summed E-state index contributed by atoms with van der Waals surface area (Å²) in [5.74, 6) is 0.959. The molecule has 22 heavy (non-hydrogen) atoms. The van der Waals surface area contributed by atoms with Crippen LogP contribution in [-0.4, -0.2) is 11.1 Å². The van der Waals surface area contributed by atoms with E-state index in [1.54, 1.807) is 6.08 Å². The predicted octanol–water partition coefficient (Wildman–Crippen LogP) is 5.78. The van der Waals surface area contributed by atoms with Crippen molar-refractivity contribution in [2.45, 2.75) is 53.9 Å². The Labute approximate surface area is 136 Å². The second-order valence-corrected chi connectivity index (χ2v) is 6.39. The summed E-state index contributed by atoms with van der Waals surface area (Å²) in [5.41, 5.74) is 1.50. The third-order valence-corrected chi connectivity index (χ3v) is 3.67. The largest absolute Gasteiger partial charge is 0.478 e. The van der Waals surface area contributed by atoms with Crippen molar-refractivity contribution < 1.29 is 9.90 Å². The van der Waals surface area contributed by atoms with Gasteiger partial charge in [-0.2, -0.15) is 0 Å². The van der Waals surface area contributed by atoms with E-state index in [1.807, 2.05) is 12.2 Å². The molecule has 0 saturated carbocycles. The van der Waals surface area contributed by atoms with Gasteiger partial charge in [0.2, 0.25) is 0 Å². The zero-order valence-electron chi connectivity index (χ0n) is 14.8. The van der Waals surface area contributed by atoms with Crippen molar-refractivity contribution in [3.63, 3.8) is 0 Å². The summed E-state index contributed by atoms with van der Waals surface area (Å²) in [6, 6.07) is 0. The summed E-state index contributed by atoms with van der Waals surface area (Å²) in [5, 5.41) is 8.46. The molecule has 2 heteroatoms. The molecule has 0 aliphatic rings. The van der Waals surface area contributed by atoms with Gasteiger partial charge in [-0.15, -0.1) is 0 Å². The van der Waals surface area contributed by atoms with E-state index < -0.39 is 5.97 Å². The smallest absolute Gasteiger partial charge is 0.328 e. The van der Waals surface area contributed by atoms with Crippen molar-refractivity contribution in [1.82, 2.24) is 0 Å². The fourth-order valence-corrected chi connectivity index (χ4v) is 2.54. The molecule has 0 rings (SSSR count). The Morgan fingerprint density at radius 2 is 1.68 bits per heavy atom. The van der Waals surface area contributed by atoms with Crippen LogP contribution in [0.25, 0.3) is 0 Å². The Kier molecular flexibility index (Phi) is 11.2. The maximum atomic E-state index is 10.3. The third-order valence-electron chi connectivity index (χ3n) is 3.67. The number of aliphatic carboxylic acids is 1. The molecule has 2 nitrogen and oxygen atoms in total. The molecule has 0 unspecified atom stereocenters.